The van der Waals surface area contributed by atoms with Crippen LogP contribution in [0.3, 0.4) is 0 Å². The van der Waals surface area contributed by atoms with Gasteiger partial charge >= 0.3 is 0 Å². The highest BCUT2D eigenvalue weighted by molar-refractivity contribution is 5.96. The summed E-state index contributed by atoms with van der Waals surface area (Å²) in [5.41, 5.74) is 1.15. The number of carbonyl (C=O) groups excluding carboxylic acids is 2. The molecule has 0 bridgehead atoms. The molecule has 6 heteroatoms. The maximum atomic E-state index is 14.1. The lowest BCUT2D eigenvalue weighted by atomic mass is 10.1. The molecular formula is C21H21FN2O3. The number of anilines is 1. The second-order valence-corrected chi connectivity index (χ2v) is 6.99. The number of carbonyl (C=O) groups is 2. The highest BCUT2D eigenvalue weighted by atomic mass is 19.1. The van der Waals surface area contributed by atoms with Crippen molar-refractivity contribution in [1.29, 1.82) is 0 Å². The van der Waals surface area contributed by atoms with Gasteiger partial charge in [0.2, 0.25) is 5.91 Å². The van der Waals surface area contributed by atoms with E-state index in [0.717, 1.165) is 12.8 Å². The number of halogens is 1. The van der Waals surface area contributed by atoms with Gasteiger partial charge in [-0.3, -0.25) is 9.59 Å². The average molecular weight is 368 g/mol. The highest BCUT2D eigenvalue weighted by Gasteiger charge is 2.40. The largest absolute Gasteiger partial charge is 0.476 e. The number of fused-ring (bicyclic) bond motifs is 1. The summed E-state index contributed by atoms with van der Waals surface area (Å²) in [6.07, 6.45) is 1.01. The van der Waals surface area contributed by atoms with Gasteiger partial charge in [-0.25, -0.2) is 4.39 Å². The smallest absolute Gasteiger partial charge is 0.266 e. The molecule has 0 radical (unpaired) electrons. The summed E-state index contributed by atoms with van der Waals surface area (Å²) in [5.74, 6) is -0.160. The zero-order chi connectivity index (χ0) is 19.0. The average Bonchev–Trinajstić information content (AvgIpc) is 3.51. The van der Waals surface area contributed by atoms with E-state index in [4.69, 9.17) is 4.74 Å². The molecular weight excluding hydrogens is 347 g/mol. The molecule has 2 aromatic carbocycles. The minimum Gasteiger partial charge on any atom is -0.476 e. The van der Waals surface area contributed by atoms with Crippen LogP contribution in [-0.2, 0) is 16.1 Å². The highest BCUT2D eigenvalue weighted by Crippen LogP contribution is 2.35. The Labute approximate surface area is 157 Å². The summed E-state index contributed by atoms with van der Waals surface area (Å²) in [7, 11) is 0. The zero-order valence-corrected chi connectivity index (χ0v) is 15.1. The van der Waals surface area contributed by atoms with Gasteiger partial charge in [-0.1, -0.05) is 30.3 Å². The van der Waals surface area contributed by atoms with E-state index in [-0.39, 0.29) is 36.8 Å². The Hall–Kier alpha value is -2.89. The van der Waals surface area contributed by atoms with Crippen LogP contribution in [0.1, 0.15) is 25.3 Å². The summed E-state index contributed by atoms with van der Waals surface area (Å²) in [6, 6.07) is 13.8. The van der Waals surface area contributed by atoms with Crippen molar-refractivity contribution in [2.24, 2.45) is 0 Å². The molecule has 1 aliphatic heterocycles. The van der Waals surface area contributed by atoms with Gasteiger partial charge in [0.15, 0.2) is 6.10 Å². The van der Waals surface area contributed by atoms with E-state index in [1.807, 2.05) is 12.1 Å². The van der Waals surface area contributed by atoms with Gasteiger partial charge in [-0.15, -0.1) is 0 Å². The summed E-state index contributed by atoms with van der Waals surface area (Å²) in [5, 5.41) is 0. The molecule has 27 heavy (non-hydrogen) atoms. The van der Waals surface area contributed by atoms with Crippen molar-refractivity contribution in [3.05, 3.63) is 59.9 Å². The number of benzene rings is 2. The molecule has 0 unspecified atom stereocenters. The van der Waals surface area contributed by atoms with E-state index in [1.165, 1.54) is 13.0 Å². The van der Waals surface area contributed by atoms with E-state index in [2.05, 4.69) is 0 Å². The maximum Gasteiger partial charge on any atom is 0.266 e. The van der Waals surface area contributed by atoms with Crippen molar-refractivity contribution in [3.63, 3.8) is 0 Å². The van der Waals surface area contributed by atoms with Crippen LogP contribution in [-0.4, -0.2) is 35.4 Å². The fraction of sp³-hybridized carbons (Fsp3) is 0.333. The first-order valence-electron chi connectivity index (χ1n) is 9.12. The van der Waals surface area contributed by atoms with Crippen molar-refractivity contribution in [2.45, 2.75) is 38.5 Å². The first-order valence-corrected chi connectivity index (χ1v) is 9.12. The summed E-state index contributed by atoms with van der Waals surface area (Å²) in [6.45, 7) is 1.84. The fourth-order valence-electron chi connectivity index (χ4n) is 3.43. The van der Waals surface area contributed by atoms with E-state index in [1.54, 1.807) is 40.1 Å². The molecule has 1 heterocycles. The van der Waals surface area contributed by atoms with Crippen LogP contribution in [0.25, 0.3) is 0 Å². The van der Waals surface area contributed by atoms with Crippen molar-refractivity contribution >= 4 is 17.5 Å². The van der Waals surface area contributed by atoms with Gasteiger partial charge in [0, 0.05) is 25.1 Å². The Morgan fingerprint density at radius 1 is 1.15 bits per heavy atom. The molecule has 0 saturated heterocycles. The van der Waals surface area contributed by atoms with E-state index in [9.17, 15) is 14.0 Å². The summed E-state index contributed by atoms with van der Waals surface area (Å²) < 4.78 is 20.0. The Bertz CT molecular complexity index is 881. The number of rotatable bonds is 4. The van der Waals surface area contributed by atoms with Gasteiger partial charge in [0.05, 0.1) is 12.2 Å². The number of ether oxygens (including phenoxy) is 1. The Morgan fingerprint density at radius 3 is 2.56 bits per heavy atom. The third-order valence-electron chi connectivity index (χ3n) is 5.00. The van der Waals surface area contributed by atoms with E-state index < -0.39 is 6.10 Å². The van der Waals surface area contributed by atoms with Crippen LogP contribution in [0, 0.1) is 5.82 Å². The lowest BCUT2D eigenvalue weighted by Gasteiger charge is -2.36. The zero-order valence-electron chi connectivity index (χ0n) is 15.1. The Balaban J connectivity index is 1.59. The minimum atomic E-state index is -0.795. The van der Waals surface area contributed by atoms with Crippen LogP contribution >= 0.6 is 0 Å². The quantitative estimate of drug-likeness (QED) is 0.833. The molecule has 1 fully saturated rings. The van der Waals surface area contributed by atoms with Crippen molar-refractivity contribution in [3.8, 4) is 5.75 Å². The molecule has 2 amide bonds. The molecule has 1 saturated carbocycles. The molecule has 140 valence electrons. The molecule has 1 aliphatic carbocycles. The lowest BCUT2D eigenvalue weighted by Crippen LogP contribution is -2.52. The standard InChI is InChI=1S/C21H21FN2O3/c1-14(25)23-13-20(27-19-9-5-4-8-18(19)23)21(26)24(16-10-11-16)12-15-6-2-3-7-17(15)22/h2-9,16,20H,10-13H2,1H3/t20-/m0/s1. The van der Waals surface area contributed by atoms with Crippen molar-refractivity contribution < 1.29 is 18.7 Å². The predicted octanol–water partition coefficient (Wildman–Crippen LogP) is 3.13. The van der Waals surface area contributed by atoms with Gasteiger partial charge in [-0.05, 0) is 31.0 Å². The molecule has 2 aromatic rings. The summed E-state index contributed by atoms with van der Waals surface area (Å²) >= 11 is 0. The van der Waals surface area contributed by atoms with Crippen LogP contribution in [0.4, 0.5) is 10.1 Å². The molecule has 4 rings (SSSR count). The van der Waals surface area contributed by atoms with Gasteiger partial charge in [-0.2, -0.15) is 0 Å². The fourth-order valence-corrected chi connectivity index (χ4v) is 3.43. The lowest BCUT2D eigenvalue weighted by molar-refractivity contribution is -0.140. The third-order valence-corrected chi connectivity index (χ3v) is 5.00. The Morgan fingerprint density at radius 2 is 1.85 bits per heavy atom. The van der Waals surface area contributed by atoms with Crippen LogP contribution in [0.5, 0.6) is 5.75 Å². The summed E-state index contributed by atoms with van der Waals surface area (Å²) in [4.78, 5) is 28.5. The normalized spacial score (nSPS) is 18.4. The second kappa shape index (κ2) is 7.02. The molecule has 0 spiro atoms. The van der Waals surface area contributed by atoms with Crippen LogP contribution < -0.4 is 9.64 Å². The van der Waals surface area contributed by atoms with Crippen LogP contribution in [0.2, 0.25) is 0 Å². The van der Waals surface area contributed by atoms with Crippen LogP contribution in [0.15, 0.2) is 48.5 Å². The van der Waals surface area contributed by atoms with Gasteiger partial charge < -0.3 is 14.5 Å². The molecule has 0 N–H and O–H groups in total. The van der Waals surface area contributed by atoms with E-state index in [0.29, 0.717) is 17.0 Å². The SMILES string of the molecule is CC(=O)N1C[C@@H](C(=O)N(Cc2ccccc2F)C2CC2)Oc2ccccc21. The first-order chi connectivity index (χ1) is 13.0. The minimum absolute atomic E-state index is 0.101. The number of hydrogen-bond donors (Lipinski definition) is 0. The van der Waals surface area contributed by atoms with Crippen molar-refractivity contribution in [1.82, 2.24) is 4.90 Å². The topological polar surface area (TPSA) is 49.9 Å². The third kappa shape index (κ3) is 3.52. The number of nitrogens with zero attached hydrogens (tertiary/aromatic N) is 2. The number of hydrogen-bond acceptors (Lipinski definition) is 3. The first kappa shape index (κ1) is 17.5. The molecule has 0 aromatic heterocycles. The Kier molecular flexibility index (Phi) is 4.56. The molecule has 2 aliphatic rings. The van der Waals surface area contributed by atoms with Gasteiger partial charge in [0.25, 0.3) is 5.91 Å². The maximum absolute atomic E-state index is 14.1. The predicted molar refractivity (Wildman–Crippen MR) is 98.9 cm³/mol. The molecule has 1 atom stereocenters. The molecule has 5 nitrogen and oxygen atoms in total. The number of amides is 2. The second-order valence-electron chi connectivity index (χ2n) is 6.99. The van der Waals surface area contributed by atoms with E-state index >= 15 is 0 Å². The number of para-hydroxylation sites is 2. The van der Waals surface area contributed by atoms with Crippen molar-refractivity contribution in [2.75, 3.05) is 11.4 Å². The monoisotopic (exact) mass is 368 g/mol. The van der Waals surface area contributed by atoms with Gasteiger partial charge in [0.1, 0.15) is 11.6 Å².